The highest BCUT2D eigenvalue weighted by atomic mass is 15.5. The molecule has 0 atom stereocenters. The van der Waals surface area contributed by atoms with Crippen LogP contribution in [0, 0.1) is 12.8 Å². The molecule has 0 aromatic carbocycles. The van der Waals surface area contributed by atoms with E-state index < -0.39 is 0 Å². The summed E-state index contributed by atoms with van der Waals surface area (Å²) < 4.78 is 0. The van der Waals surface area contributed by atoms with Crippen molar-refractivity contribution >= 4 is 0 Å². The third-order valence-corrected chi connectivity index (χ3v) is 1.73. The molecule has 0 saturated heterocycles. The molecule has 2 N–H and O–H groups in total. The topological polar surface area (TPSA) is 42.8 Å². The van der Waals surface area contributed by atoms with Crippen LogP contribution in [0.4, 0.5) is 0 Å². The molecule has 1 heterocycles. The van der Waals surface area contributed by atoms with Gasteiger partial charge in [0.2, 0.25) is 5.69 Å². The number of aryl methyl sites for hydroxylation is 1. The summed E-state index contributed by atoms with van der Waals surface area (Å²) in [4.78, 5) is 1.43. The minimum Gasteiger partial charge on any atom is -0.180 e. The Morgan fingerprint density at radius 3 is 2.67 bits per heavy atom. The maximum absolute atomic E-state index is 5.60. The Bertz CT molecular complexity index is 268. The highest BCUT2D eigenvalue weighted by Crippen LogP contribution is 2.02. The van der Waals surface area contributed by atoms with Gasteiger partial charge in [-0.05, 0) is 18.4 Å². The minimum atomic E-state index is 0.625. The van der Waals surface area contributed by atoms with Crippen molar-refractivity contribution in [3.05, 3.63) is 23.5 Å². The number of hydrogen-bond acceptors (Lipinski definition) is 2. The third-order valence-electron chi connectivity index (χ3n) is 1.73. The first-order valence-electron chi connectivity index (χ1n) is 4.23. The summed E-state index contributed by atoms with van der Waals surface area (Å²) in [6.07, 6.45) is 0.984. The van der Waals surface area contributed by atoms with Gasteiger partial charge < -0.3 is 0 Å². The second kappa shape index (κ2) is 3.52. The zero-order chi connectivity index (χ0) is 9.14. The fourth-order valence-corrected chi connectivity index (χ4v) is 1.07. The lowest BCUT2D eigenvalue weighted by molar-refractivity contribution is -0.707. The van der Waals surface area contributed by atoms with E-state index in [-0.39, 0.29) is 0 Å². The summed E-state index contributed by atoms with van der Waals surface area (Å²) >= 11 is 0. The number of nitrogens with two attached hydrogens (primary N) is 1. The van der Waals surface area contributed by atoms with Crippen molar-refractivity contribution in [2.75, 3.05) is 5.84 Å². The molecule has 0 fully saturated rings. The maximum Gasteiger partial charge on any atom is 0.238 e. The standard InChI is InChI=1S/C9H16N3/c1-7(2)6-9-5-4-8(3)12(10)11-9/h4-5,7H,6H2,1-3H3,(H2,10,11)/q+1. The Morgan fingerprint density at radius 1 is 1.50 bits per heavy atom. The van der Waals surface area contributed by atoms with E-state index in [1.165, 1.54) is 4.79 Å². The van der Waals surface area contributed by atoms with E-state index in [1.807, 2.05) is 19.1 Å². The molecule has 3 nitrogen and oxygen atoms in total. The van der Waals surface area contributed by atoms with E-state index in [0.717, 1.165) is 17.8 Å². The Kier molecular flexibility index (Phi) is 2.63. The molecule has 1 aromatic heterocycles. The van der Waals surface area contributed by atoms with Gasteiger partial charge in [-0.1, -0.05) is 13.8 Å². The first-order valence-corrected chi connectivity index (χ1v) is 4.23. The predicted molar refractivity (Wildman–Crippen MR) is 47.9 cm³/mol. The molecule has 0 aliphatic rings. The number of hydrogen-bond donors (Lipinski definition) is 1. The lowest BCUT2D eigenvalue weighted by atomic mass is 10.1. The van der Waals surface area contributed by atoms with Crippen LogP contribution in [0.5, 0.6) is 0 Å². The highest BCUT2D eigenvalue weighted by Gasteiger charge is 2.07. The Hall–Kier alpha value is -1.12. The molecule has 0 aliphatic heterocycles. The molecule has 1 aromatic rings. The number of nitrogen functional groups attached to an aromatic ring is 1. The summed E-state index contributed by atoms with van der Waals surface area (Å²) in [5.74, 6) is 6.23. The summed E-state index contributed by atoms with van der Waals surface area (Å²) in [5, 5.41) is 4.21. The first-order chi connectivity index (χ1) is 5.59. The van der Waals surface area contributed by atoms with Crippen molar-refractivity contribution in [2.24, 2.45) is 5.92 Å². The van der Waals surface area contributed by atoms with Gasteiger partial charge in [0.25, 0.3) is 0 Å². The smallest absolute Gasteiger partial charge is 0.180 e. The minimum absolute atomic E-state index is 0.625. The van der Waals surface area contributed by atoms with Crippen LogP contribution in [-0.4, -0.2) is 5.10 Å². The Morgan fingerprint density at radius 2 is 2.17 bits per heavy atom. The molecule has 0 amide bonds. The van der Waals surface area contributed by atoms with Gasteiger partial charge in [0.1, 0.15) is 5.69 Å². The van der Waals surface area contributed by atoms with Crippen molar-refractivity contribution in [3.63, 3.8) is 0 Å². The second-order valence-electron chi connectivity index (χ2n) is 3.51. The third kappa shape index (κ3) is 2.19. The molecule has 0 spiro atoms. The summed E-state index contributed by atoms with van der Waals surface area (Å²) in [6, 6.07) is 4.02. The molecular weight excluding hydrogens is 150 g/mol. The van der Waals surface area contributed by atoms with E-state index >= 15 is 0 Å². The van der Waals surface area contributed by atoms with Crippen molar-refractivity contribution in [1.29, 1.82) is 0 Å². The monoisotopic (exact) mass is 166 g/mol. The molecule has 0 unspecified atom stereocenters. The van der Waals surface area contributed by atoms with Gasteiger partial charge in [-0.25, -0.2) is 0 Å². The summed E-state index contributed by atoms with van der Waals surface area (Å²) in [7, 11) is 0. The van der Waals surface area contributed by atoms with E-state index in [1.54, 1.807) is 0 Å². The summed E-state index contributed by atoms with van der Waals surface area (Å²) in [5.41, 5.74) is 2.03. The van der Waals surface area contributed by atoms with Crippen molar-refractivity contribution in [1.82, 2.24) is 5.10 Å². The van der Waals surface area contributed by atoms with Gasteiger partial charge in [-0.2, -0.15) is 5.84 Å². The molecule has 1 rings (SSSR count). The van der Waals surface area contributed by atoms with Gasteiger partial charge in [0, 0.05) is 22.9 Å². The quantitative estimate of drug-likeness (QED) is 0.516. The highest BCUT2D eigenvalue weighted by molar-refractivity contribution is 5.02. The van der Waals surface area contributed by atoms with Crippen LogP contribution in [0.3, 0.4) is 0 Å². The van der Waals surface area contributed by atoms with Gasteiger partial charge in [0.15, 0.2) is 0 Å². The number of rotatable bonds is 2. The van der Waals surface area contributed by atoms with E-state index in [4.69, 9.17) is 5.84 Å². The average Bonchev–Trinajstić information content (AvgIpc) is 1.96. The first kappa shape index (κ1) is 8.97. The van der Waals surface area contributed by atoms with Crippen LogP contribution in [0.2, 0.25) is 0 Å². The van der Waals surface area contributed by atoms with Crippen LogP contribution >= 0.6 is 0 Å². The van der Waals surface area contributed by atoms with E-state index in [2.05, 4.69) is 18.9 Å². The lowest BCUT2D eigenvalue weighted by Crippen LogP contribution is -2.51. The lowest BCUT2D eigenvalue weighted by Gasteiger charge is -2.00. The van der Waals surface area contributed by atoms with Gasteiger partial charge >= 0.3 is 0 Å². The van der Waals surface area contributed by atoms with Crippen LogP contribution in [0.25, 0.3) is 0 Å². The van der Waals surface area contributed by atoms with Crippen LogP contribution in [0.1, 0.15) is 25.2 Å². The molecule has 0 radical (unpaired) electrons. The molecule has 0 aliphatic carbocycles. The van der Waals surface area contributed by atoms with E-state index in [9.17, 15) is 0 Å². The fourth-order valence-electron chi connectivity index (χ4n) is 1.07. The SMILES string of the molecule is Cc1ccc(CC(C)C)n[n+]1N. The molecule has 0 saturated carbocycles. The predicted octanol–water partition coefficient (Wildman–Crippen LogP) is 0.590. The zero-order valence-electron chi connectivity index (χ0n) is 7.91. The molecule has 12 heavy (non-hydrogen) atoms. The maximum atomic E-state index is 5.60. The van der Waals surface area contributed by atoms with Gasteiger partial charge in [-0.15, -0.1) is 0 Å². The van der Waals surface area contributed by atoms with Crippen LogP contribution < -0.4 is 10.6 Å². The van der Waals surface area contributed by atoms with Crippen molar-refractivity contribution in [2.45, 2.75) is 27.2 Å². The zero-order valence-corrected chi connectivity index (χ0v) is 7.91. The number of aromatic nitrogens is 2. The number of nitrogens with zero attached hydrogens (tertiary/aromatic N) is 2. The van der Waals surface area contributed by atoms with Crippen molar-refractivity contribution in [3.8, 4) is 0 Å². The van der Waals surface area contributed by atoms with Crippen LogP contribution in [-0.2, 0) is 6.42 Å². The molecule has 3 heteroatoms. The summed E-state index contributed by atoms with van der Waals surface area (Å²) in [6.45, 7) is 6.27. The molecule has 66 valence electrons. The molecule has 0 bridgehead atoms. The largest absolute Gasteiger partial charge is 0.238 e. The van der Waals surface area contributed by atoms with Crippen molar-refractivity contribution < 1.29 is 4.79 Å². The average molecular weight is 166 g/mol. The Balaban J connectivity index is 2.82. The van der Waals surface area contributed by atoms with Gasteiger partial charge in [-0.3, -0.25) is 0 Å². The fraction of sp³-hybridized carbons (Fsp3) is 0.556. The van der Waals surface area contributed by atoms with Crippen LogP contribution in [0.15, 0.2) is 12.1 Å². The van der Waals surface area contributed by atoms with Gasteiger partial charge in [0.05, 0.1) is 0 Å². The second-order valence-corrected chi connectivity index (χ2v) is 3.51. The normalized spacial score (nSPS) is 10.7. The molecular formula is C9H16N3+. The van der Waals surface area contributed by atoms with E-state index in [0.29, 0.717) is 5.92 Å². The Labute approximate surface area is 73.2 Å².